The summed E-state index contributed by atoms with van der Waals surface area (Å²) in [5.41, 5.74) is -2.82. The van der Waals surface area contributed by atoms with Gasteiger partial charge in [-0.25, -0.2) is 24.7 Å². The summed E-state index contributed by atoms with van der Waals surface area (Å²) < 4.78 is 56.2. The summed E-state index contributed by atoms with van der Waals surface area (Å²) in [5.74, 6) is -1.21. The zero-order chi connectivity index (χ0) is 35.5. The highest BCUT2D eigenvalue weighted by molar-refractivity contribution is 5.99. The fourth-order valence-corrected chi connectivity index (χ4v) is 9.23. The van der Waals surface area contributed by atoms with Gasteiger partial charge in [-0.15, -0.1) is 0 Å². The lowest BCUT2D eigenvalue weighted by Gasteiger charge is -2.33. The number of halogens is 3. The highest BCUT2D eigenvalue weighted by atomic mass is 19.4. The lowest BCUT2D eigenvalue weighted by molar-refractivity contribution is -0.146. The van der Waals surface area contributed by atoms with Gasteiger partial charge in [0.1, 0.15) is 17.4 Å². The van der Waals surface area contributed by atoms with Crippen LogP contribution in [0.15, 0.2) is 42.9 Å². The number of carboxylic acid groups (broad SMARTS) is 1. The molecule has 8 rings (SSSR count). The van der Waals surface area contributed by atoms with Crippen LogP contribution in [0.25, 0.3) is 0 Å². The molecule has 51 heavy (non-hydrogen) atoms. The second-order valence-electron chi connectivity index (χ2n) is 14.9. The standard InChI is InChI=1S/C36H40F3N7O5/c1-21-13-22-15-23(14-21)35(17-22,31(48)49)44-30(47)26-18-42-33(43-29(26)36(37,38)39)46-19-34(7-12-50-20-34)27-16-25(3-4-28(27)46)51-24-5-10-45(11-6-24)32-40-8-2-9-41-32/h2-4,8-9,16,18,21-24H,5-7,10-15,17,19-20H2,1H3,(H,44,47)(H,48,49). The summed E-state index contributed by atoms with van der Waals surface area (Å²) in [6.45, 7) is 4.68. The van der Waals surface area contributed by atoms with E-state index in [-0.39, 0.29) is 42.8 Å². The molecule has 1 aromatic carbocycles. The first-order valence-corrected chi connectivity index (χ1v) is 17.6. The minimum absolute atomic E-state index is 0.0277. The molecule has 5 unspecified atom stereocenters. The van der Waals surface area contributed by atoms with E-state index in [0.717, 1.165) is 44.1 Å². The van der Waals surface area contributed by atoms with Crippen LogP contribution in [0, 0.1) is 17.8 Å². The number of carbonyl (C=O) groups excluding carboxylic acids is 1. The third-order valence-electron chi connectivity index (χ3n) is 11.6. The molecule has 270 valence electrons. The number of hydrogen-bond acceptors (Lipinski definition) is 10. The number of carboxylic acids is 1. The number of aliphatic carboxylic acids is 1. The van der Waals surface area contributed by atoms with E-state index in [1.807, 2.05) is 25.1 Å². The zero-order valence-electron chi connectivity index (χ0n) is 28.2. The molecular formula is C36H40F3N7O5. The first-order chi connectivity index (χ1) is 24.4. The minimum atomic E-state index is -5.00. The molecular weight excluding hydrogens is 667 g/mol. The third-order valence-corrected chi connectivity index (χ3v) is 11.6. The molecule has 5 aliphatic rings. The van der Waals surface area contributed by atoms with Gasteiger partial charge in [0.15, 0.2) is 5.69 Å². The van der Waals surface area contributed by atoms with E-state index in [4.69, 9.17) is 9.47 Å². The molecule has 3 aromatic rings. The maximum Gasteiger partial charge on any atom is 0.434 e. The Balaban J connectivity index is 1.05. The number of carbonyl (C=O) groups is 2. The summed E-state index contributed by atoms with van der Waals surface area (Å²) in [5, 5.41) is 12.8. The lowest BCUT2D eigenvalue weighted by Crippen LogP contribution is -2.57. The van der Waals surface area contributed by atoms with Crippen molar-refractivity contribution in [1.82, 2.24) is 25.3 Å². The van der Waals surface area contributed by atoms with E-state index in [2.05, 4.69) is 30.2 Å². The average molecular weight is 708 g/mol. The van der Waals surface area contributed by atoms with Crippen molar-refractivity contribution in [2.24, 2.45) is 17.8 Å². The number of amides is 1. The van der Waals surface area contributed by atoms with Crippen LogP contribution >= 0.6 is 0 Å². The number of benzene rings is 1. The predicted octanol–water partition coefficient (Wildman–Crippen LogP) is 5.15. The van der Waals surface area contributed by atoms with Crippen molar-refractivity contribution >= 4 is 29.5 Å². The number of piperidine rings is 1. The number of anilines is 3. The number of aromatic nitrogens is 4. The van der Waals surface area contributed by atoms with E-state index in [0.29, 0.717) is 49.9 Å². The molecule has 15 heteroatoms. The molecule has 4 fully saturated rings. The zero-order valence-corrected chi connectivity index (χ0v) is 28.2. The van der Waals surface area contributed by atoms with Gasteiger partial charge in [0.25, 0.3) is 5.91 Å². The van der Waals surface area contributed by atoms with E-state index >= 15 is 0 Å². The van der Waals surface area contributed by atoms with Gasteiger partial charge in [0.2, 0.25) is 11.9 Å². The largest absolute Gasteiger partial charge is 0.490 e. The van der Waals surface area contributed by atoms with Crippen LogP contribution in [0.2, 0.25) is 0 Å². The third kappa shape index (κ3) is 6.02. The van der Waals surface area contributed by atoms with Crippen LogP contribution in [0.3, 0.4) is 0 Å². The highest BCUT2D eigenvalue weighted by Crippen LogP contribution is 2.52. The van der Waals surface area contributed by atoms with Gasteiger partial charge >= 0.3 is 12.1 Å². The van der Waals surface area contributed by atoms with Gasteiger partial charge in [0, 0.05) is 68.8 Å². The van der Waals surface area contributed by atoms with Crippen LogP contribution < -0.4 is 19.9 Å². The van der Waals surface area contributed by atoms with Crippen molar-refractivity contribution in [2.75, 3.05) is 42.6 Å². The molecule has 1 spiro atoms. The van der Waals surface area contributed by atoms with Crippen LogP contribution in [-0.2, 0) is 21.1 Å². The van der Waals surface area contributed by atoms with Gasteiger partial charge < -0.3 is 29.7 Å². The van der Waals surface area contributed by atoms with Crippen LogP contribution in [0.1, 0.15) is 73.5 Å². The van der Waals surface area contributed by atoms with E-state index in [1.54, 1.807) is 23.4 Å². The maximum absolute atomic E-state index is 14.6. The number of nitrogens with one attached hydrogen (secondary N) is 1. The van der Waals surface area contributed by atoms with Crippen LogP contribution in [0.5, 0.6) is 5.75 Å². The molecule has 12 nitrogen and oxygen atoms in total. The second kappa shape index (κ2) is 12.6. The van der Waals surface area contributed by atoms with Crippen molar-refractivity contribution in [3.8, 4) is 5.75 Å². The van der Waals surface area contributed by atoms with Crippen LogP contribution in [0.4, 0.5) is 30.8 Å². The molecule has 1 amide bonds. The number of fused-ring (bicyclic) bond motifs is 4. The quantitative estimate of drug-likeness (QED) is 0.337. The number of ether oxygens (including phenoxy) is 2. The molecule has 5 atom stereocenters. The molecule has 3 aliphatic heterocycles. The monoisotopic (exact) mass is 707 g/mol. The molecule has 2 saturated carbocycles. The summed E-state index contributed by atoms with van der Waals surface area (Å²) in [6.07, 6.45) is 3.71. The molecule has 2 N–H and O–H groups in total. The van der Waals surface area contributed by atoms with E-state index in [9.17, 15) is 27.9 Å². The van der Waals surface area contributed by atoms with Crippen molar-refractivity contribution in [3.63, 3.8) is 0 Å². The summed E-state index contributed by atoms with van der Waals surface area (Å²) in [4.78, 5) is 46.9. The number of alkyl halides is 3. The Bertz CT molecular complexity index is 1820. The topological polar surface area (TPSA) is 143 Å². The highest BCUT2D eigenvalue weighted by Gasteiger charge is 2.57. The smallest absolute Gasteiger partial charge is 0.434 e. The summed E-state index contributed by atoms with van der Waals surface area (Å²) >= 11 is 0. The number of nitrogens with zero attached hydrogens (tertiary/aromatic N) is 6. The Morgan fingerprint density at radius 3 is 2.57 bits per heavy atom. The number of rotatable bonds is 7. The average Bonchev–Trinajstić information content (AvgIpc) is 3.79. The SMILES string of the molecule is CC1CC2CC(C1)C(NC(=O)c1cnc(N3CC4(CCOC4)c4cc(OC5CCN(c6ncccn6)CC5)ccc43)nc1C(F)(F)F)(C(=O)O)C2. The van der Waals surface area contributed by atoms with E-state index in [1.165, 1.54) is 0 Å². The normalized spacial score (nSPS) is 29.0. The molecule has 2 bridgehead atoms. The lowest BCUT2D eigenvalue weighted by atomic mass is 9.78. The van der Waals surface area contributed by atoms with Gasteiger partial charge in [-0.1, -0.05) is 6.92 Å². The maximum atomic E-state index is 14.6. The Kier molecular flexibility index (Phi) is 8.30. The Morgan fingerprint density at radius 2 is 1.86 bits per heavy atom. The van der Waals surface area contributed by atoms with Gasteiger partial charge in [-0.3, -0.25) is 4.79 Å². The molecule has 2 saturated heterocycles. The minimum Gasteiger partial charge on any atom is -0.490 e. The molecule has 2 aromatic heterocycles. The van der Waals surface area contributed by atoms with Gasteiger partial charge in [-0.05, 0) is 79.7 Å². The van der Waals surface area contributed by atoms with Crippen molar-refractivity contribution in [1.29, 1.82) is 0 Å². The van der Waals surface area contributed by atoms with Gasteiger partial charge in [0.05, 0.1) is 12.2 Å². The predicted molar refractivity (Wildman–Crippen MR) is 178 cm³/mol. The Morgan fingerprint density at radius 1 is 1.08 bits per heavy atom. The van der Waals surface area contributed by atoms with Crippen LogP contribution in [-0.4, -0.2) is 81.4 Å². The Labute approximate surface area is 292 Å². The summed E-state index contributed by atoms with van der Waals surface area (Å²) in [6, 6.07) is 7.36. The fraction of sp³-hybridized carbons (Fsp3) is 0.556. The molecule has 0 radical (unpaired) electrons. The Hall–Kier alpha value is -4.53. The van der Waals surface area contributed by atoms with Crippen molar-refractivity contribution < 1.29 is 37.3 Å². The first kappa shape index (κ1) is 33.6. The molecule has 5 heterocycles. The van der Waals surface area contributed by atoms with E-state index < -0.39 is 40.3 Å². The van der Waals surface area contributed by atoms with Gasteiger partial charge in [-0.2, -0.15) is 13.2 Å². The fourth-order valence-electron chi connectivity index (χ4n) is 9.23. The van der Waals surface area contributed by atoms with Crippen molar-refractivity contribution in [2.45, 2.75) is 75.1 Å². The second-order valence-corrected chi connectivity index (χ2v) is 14.9. The number of hydrogen-bond donors (Lipinski definition) is 2. The first-order valence-electron chi connectivity index (χ1n) is 17.6. The molecule has 2 aliphatic carbocycles. The van der Waals surface area contributed by atoms with Crippen molar-refractivity contribution in [3.05, 3.63) is 59.7 Å². The summed E-state index contributed by atoms with van der Waals surface area (Å²) in [7, 11) is 0.